The van der Waals surface area contributed by atoms with Crippen LogP contribution in [-0.4, -0.2) is 28.1 Å². The monoisotopic (exact) mass is 305 g/mol. The van der Waals surface area contributed by atoms with Crippen molar-refractivity contribution in [3.63, 3.8) is 0 Å². The Kier molecular flexibility index (Phi) is 5.51. The Hall–Kier alpha value is -2.32. The molecule has 0 radical (unpaired) electrons. The van der Waals surface area contributed by atoms with Crippen LogP contribution in [0.15, 0.2) is 18.3 Å². The molecule has 0 spiro atoms. The van der Waals surface area contributed by atoms with Gasteiger partial charge in [0, 0.05) is 0 Å². The fraction of sp³-hybridized carbons (Fsp3) is 0.417. The maximum absolute atomic E-state index is 12.3. The number of alkyl halides is 3. The Morgan fingerprint density at radius 3 is 2.48 bits per heavy atom. The molecule has 0 fully saturated rings. The first kappa shape index (κ1) is 16.7. The summed E-state index contributed by atoms with van der Waals surface area (Å²) in [6.45, 7) is 1.76. The molecule has 0 aliphatic carbocycles. The van der Waals surface area contributed by atoms with E-state index in [9.17, 15) is 22.8 Å². The van der Waals surface area contributed by atoms with Gasteiger partial charge in [-0.3, -0.25) is 0 Å². The smallest absolute Gasteiger partial charge is 0.433 e. The number of pyridine rings is 1. The van der Waals surface area contributed by atoms with Crippen LogP contribution in [0.25, 0.3) is 0 Å². The van der Waals surface area contributed by atoms with Crippen molar-refractivity contribution in [2.75, 3.05) is 5.32 Å². The second-order valence-electron chi connectivity index (χ2n) is 4.21. The van der Waals surface area contributed by atoms with Crippen LogP contribution in [0.2, 0.25) is 0 Å². The van der Waals surface area contributed by atoms with Crippen molar-refractivity contribution in [3.05, 3.63) is 24.0 Å². The molecule has 116 valence electrons. The van der Waals surface area contributed by atoms with E-state index in [2.05, 4.69) is 15.6 Å². The number of nitrogens with one attached hydrogen (secondary N) is 2. The number of aromatic nitrogens is 1. The van der Waals surface area contributed by atoms with Crippen LogP contribution < -0.4 is 10.6 Å². The number of hydrogen-bond acceptors (Lipinski definition) is 3. The lowest BCUT2D eigenvalue weighted by Crippen LogP contribution is -2.42. The molecular formula is C12H14F3N3O3. The number of carbonyl (C=O) groups is 2. The van der Waals surface area contributed by atoms with Gasteiger partial charge in [0.2, 0.25) is 0 Å². The van der Waals surface area contributed by atoms with Crippen LogP contribution in [0.3, 0.4) is 0 Å². The zero-order chi connectivity index (χ0) is 16.0. The maximum Gasteiger partial charge on any atom is 0.433 e. The normalized spacial score (nSPS) is 12.6. The second-order valence-corrected chi connectivity index (χ2v) is 4.21. The van der Waals surface area contributed by atoms with Crippen molar-refractivity contribution in [3.8, 4) is 0 Å². The zero-order valence-electron chi connectivity index (χ0n) is 11.1. The van der Waals surface area contributed by atoms with Crippen molar-refractivity contribution < 1.29 is 27.9 Å². The second kappa shape index (κ2) is 6.91. The molecule has 1 atom stereocenters. The van der Waals surface area contributed by atoms with Gasteiger partial charge in [0.15, 0.2) is 0 Å². The Morgan fingerprint density at radius 2 is 2.05 bits per heavy atom. The lowest BCUT2D eigenvalue weighted by molar-refractivity contribution is -0.141. The van der Waals surface area contributed by atoms with E-state index in [1.807, 2.05) is 0 Å². The highest BCUT2D eigenvalue weighted by molar-refractivity contribution is 5.92. The molecule has 1 rings (SSSR count). The summed E-state index contributed by atoms with van der Waals surface area (Å²) < 4.78 is 36.9. The van der Waals surface area contributed by atoms with Gasteiger partial charge in [-0.05, 0) is 18.6 Å². The number of carbonyl (C=O) groups excluding carboxylic acids is 1. The minimum atomic E-state index is -4.56. The molecule has 9 heteroatoms. The third kappa shape index (κ3) is 5.28. The summed E-state index contributed by atoms with van der Waals surface area (Å²) in [6, 6.07) is -0.128. The van der Waals surface area contributed by atoms with Crippen LogP contribution >= 0.6 is 0 Å². The van der Waals surface area contributed by atoms with E-state index in [0.29, 0.717) is 6.42 Å². The van der Waals surface area contributed by atoms with E-state index in [1.165, 1.54) is 0 Å². The van der Waals surface area contributed by atoms with Gasteiger partial charge < -0.3 is 15.7 Å². The molecule has 21 heavy (non-hydrogen) atoms. The molecule has 1 unspecified atom stereocenters. The minimum Gasteiger partial charge on any atom is -0.480 e. The van der Waals surface area contributed by atoms with E-state index in [4.69, 9.17) is 5.11 Å². The highest BCUT2D eigenvalue weighted by atomic mass is 19.4. The molecule has 0 saturated heterocycles. The van der Waals surface area contributed by atoms with Gasteiger partial charge in [-0.2, -0.15) is 13.2 Å². The number of urea groups is 1. The number of anilines is 1. The van der Waals surface area contributed by atoms with E-state index >= 15 is 0 Å². The first-order chi connectivity index (χ1) is 9.74. The van der Waals surface area contributed by atoms with Crippen LogP contribution in [0, 0.1) is 0 Å². The molecule has 0 aliphatic rings. The molecule has 1 aromatic heterocycles. The topological polar surface area (TPSA) is 91.3 Å². The highest BCUT2D eigenvalue weighted by Gasteiger charge is 2.32. The van der Waals surface area contributed by atoms with E-state index in [1.54, 1.807) is 6.92 Å². The van der Waals surface area contributed by atoms with Crippen LogP contribution in [0.4, 0.5) is 23.7 Å². The molecule has 0 saturated carbocycles. The van der Waals surface area contributed by atoms with Crippen LogP contribution in [0.5, 0.6) is 0 Å². The maximum atomic E-state index is 12.3. The average molecular weight is 305 g/mol. The Balaban J connectivity index is 2.64. The van der Waals surface area contributed by atoms with Crippen molar-refractivity contribution in [1.29, 1.82) is 0 Å². The van der Waals surface area contributed by atoms with Crippen molar-refractivity contribution in [1.82, 2.24) is 10.3 Å². The molecule has 0 aliphatic heterocycles. The van der Waals surface area contributed by atoms with Crippen molar-refractivity contribution >= 4 is 17.7 Å². The largest absolute Gasteiger partial charge is 0.480 e. The van der Waals surface area contributed by atoms with Gasteiger partial charge >= 0.3 is 18.2 Å². The number of halogens is 3. The average Bonchev–Trinajstić information content (AvgIpc) is 2.37. The predicted octanol–water partition coefficient (Wildman–Crippen LogP) is 2.48. The molecule has 1 heterocycles. The SMILES string of the molecule is CCCC(NC(=O)Nc1ccc(C(F)(F)F)nc1)C(=O)O. The molecule has 1 aromatic rings. The first-order valence-electron chi connectivity index (χ1n) is 6.07. The van der Waals surface area contributed by atoms with Gasteiger partial charge in [-0.1, -0.05) is 13.3 Å². The first-order valence-corrected chi connectivity index (χ1v) is 6.07. The predicted molar refractivity (Wildman–Crippen MR) is 67.7 cm³/mol. The lowest BCUT2D eigenvalue weighted by atomic mass is 10.2. The fourth-order valence-electron chi connectivity index (χ4n) is 1.51. The van der Waals surface area contributed by atoms with Crippen LogP contribution in [0.1, 0.15) is 25.5 Å². The van der Waals surface area contributed by atoms with Crippen molar-refractivity contribution in [2.24, 2.45) is 0 Å². The summed E-state index contributed by atoms with van der Waals surface area (Å²) in [5, 5.41) is 13.3. The summed E-state index contributed by atoms with van der Waals surface area (Å²) in [7, 11) is 0. The Bertz CT molecular complexity index is 503. The van der Waals surface area contributed by atoms with E-state index < -0.39 is 29.9 Å². The molecule has 2 amide bonds. The summed E-state index contributed by atoms with van der Waals surface area (Å²) in [6.07, 6.45) is -2.92. The molecule has 0 aromatic carbocycles. The molecule has 6 nitrogen and oxygen atoms in total. The van der Waals surface area contributed by atoms with Gasteiger partial charge in [-0.25, -0.2) is 14.6 Å². The van der Waals surface area contributed by atoms with E-state index in [0.717, 1.165) is 18.3 Å². The Labute approximate surface area is 118 Å². The molecule has 0 bridgehead atoms. The third-order valence-electron chi connectivity index (χ3n) is 2.49. The fourth-order valence-corrected chi connectivity index (χ4v) is 1.51. The number of amides is 2. The van der Waals surface area contributed by atoms with Gasteiger partial charge in [0.1, 0.15) is 11.7 Å². The Morgan fingerprint density at radius 1 is 1.38 bits per heavy atom. The lowest BCUT2D eigenvalue weighted by Gasteiger charge is -2.14. The van der Waals surface area contributed by atoms with Gasteiger partial charge in [0.25, 0.3) is 0 Å². The minimum absolute atomic E-state index is 0.0288. The number of rotatable bonds is 5. The summed E-state index contributed by atoms with van der Waals surface area (Å²) in [5.41, 5.74) is -1.05. The van der Waals surface area contributed by atoms with Gasteiger partial charge in [0.05, 0.1) is 11.9 Å². The number of aliphatic carboxylic acids is 1. The number of nitrogens with zero attached hydrogens (tertiary/aromatic N) is 1. The number of hydrogen-bond donors (Lipinski definition) is 3. The zero-order valence-corrected chi connectivity index (χ0v) is 11.1. The standard InChI is InChI=1S/C12H14F3N3O3/c1-2-3-8(10(19)20)18-11(21)17-7-4-5-9(16-6-7)12(13,14)15/h4-6,8H,2-3H2,1H3,(H,19,20)(H2,17,18,21). The van der Waals surface area contributed by atoms with E-state index in [-0.39, 0.29) is 12.1 Å². The molecular weight excluding hydrogens is 291 g/mol. The number of carboxylic acids is 1. The highest BCUT2D eigenvalue weighted by Crippen LogP contribution is 2.27. The quantitative estimate of drug-likeness (QED) is 0.779. The van der Waals surface area contributed by atoms with Crippen LogP contribution in [-0.2, 0) is 11.0 Å². The summed E-state index contributed by atoms with van der Waals surface area (Å²) >= 11 is 0. The number of carboxylic acid groups (broad SMARTS) is 1. The summed E-state index contributed by atoms with van der Waals surface area (Å²) in [4.78, 5) is 25.6. The summed E-state index contributed by atoms with van der Waals surface area (Å²) in [5.74, 6) is -1.18. The van der Waals surface area contributed by atoms with Gasteiger partial charge in [-0.15, -0.1) is 0 Å². The van der Waals surface area contributed by atoms with Crippen molar-refractivity contribution in [2.45, 2.75) is 32.0 Å². The third-order valence-corrected chi connectivity index (χ3v) is 2.49. The molecule has 3 N–H and O–H groups in total.